The second kappa shape index (κ2) is 8.13. The number of hydrogen-bond donors (Lipinski definition) is 1. The van der Waals surface area contributed by atoms with Crippen molar-refractivity contribution in [2.45, 2.75) is 37.7 Å². The SMILES string of the molecule is Cc1cc(NC(=O)C(Sc2nnnn2CC(C)C)c2ccccc2)no1. The summed E-state index contributed by atoms with van der Waals surface area (Å²) < 4.78 is 6.73. The first kappa shape index (κ1) is 18.1. The summed E-state index contributed by atoms with van der Waals surface area (Å²) >= 11 is 1.31. The van der Waals surface area contributed by atoms with Crippen LogP contribution in [0.15, 0.2) is 46.1 Å². The predicted molar refractivity (Wildman–Crippen MR) is 97.6 cm³/mol. The Hall–Kier alpha value is -2.68. The van der Waals surface area contributed by atoms with E-state index in [1.165, 1.54) is 11.8 Å². The second-order valence-electron chi connectivity index (χ2n) is 6.26. The molecular formula is C17H20N6O2S. The number of nitrogens with one attached hydrogen (secondary N) is 1. The van der Waals surface area contributed by atoms with E-state index in [1.54, 1.807) is 17.7 Å². The smallest absolute Gasteiger partial charge is 0.243 e. The molecule has 1 unspecified atom stereocenters. The fourth-order valence-corrected chi connectivity index (χ4v) is 3.35. The van der Waals surface area contributed by atoms with Crippen LogP contribution >= 0.6 is 11.8 Å². The summed E-state index contributed by atoms with van der Waals surface area (Å²) in [4.78, 5) is 12.9. The average molecular weight is 372 g/mol. The maximum Gasteiger partial charge on any atom is 0.243 e. The van der Waals surface area contributed by atoms with Crippen LogP contribution in [0.5, 0.6) is 0 Å². The molecule has 3 aromatic rings. The van der Waals surface area contributed by atoms with Crippen molar-refractivity contribution in [2.24, 2.45) is 5.92 Å². The highest BCUT2D eigenvalue weighted by molar-refractivity contribution is 8.00. The van der Waals surface area contributed by atoms with Crippen LogP contribution in [0.25, 0.3) is 0 Å². The van der Waals surface area contributed by atoms with Crippen LogP contribution < -0.4 is 5.32 Å². The summed E-state index contributed by atoms with van der Waals surface area (Å²) in [6, 6.07) is 11.2. The molecule has 2 aromatic heterocycles. The molecule has 1 N–H and O–H groups in total. The van der Waals surface area contributed by atoms with E-state index < -0.39 is 5.25 Å². The molecule has 0 aliphatic heterocycles. The van der Waals surface area contributed by atoms with Crippen molar-refractivity contribution in [1.29, 1.82) is 0 Å². The number of rotatable bonds is 7. The highest BCUT2D eigenvalue weighted by Gasteiger charge is 2.26. The molecule has 1 aromatic carbocycles. The van der Waals surface area contributed by atoms with Crippen LogP contribution in [-0.2, 0) is 11.3 Å². The summed E-state index contributed by atoms with van der Waals surface area (Å²) in [6.45, 7) is 6.63. The third-order valence-corrected chi connectivity index (χ3v) is 4.71. The number of hydrogen-bond acceptors (Lipinski definition) is 7. The molecule has 0 spiro atoms. The zero-order valence-electron chi connectivity index (χ0n) is 14.8. The molecule has 0 radical (unpaired) electrons. The fourth-order valence-electron chi connectivity index (χ4n) is 2.36. The van der Waals surface area contributed by atoms with E-state index in [9.17, 15) is 4.79 Å². The lowest BCUT2D eigenvalue weighted by Gasteiger charge is -2.16. The number of anilines is 1. The molecule has 0 aliphatic rings. The van der Waals surface area contributed by atoms with E-state index in [1.807, 2.05) is 30.3 Å². The van der Waals surface area contributed by atoms with Gasteiger partial charge >= 0.3 is 0 Å². The van der Waals surface area contributed by atoms with Crippen LogP contribution in [-0.4, -0.2) is 31.3 Å². The van der Waals surface area contributed by atoms with E-state index >= 15 is 0 Å². The molecule has 2 heterocycles. The van der Waals surface area contributed by atoms with Crippen molar-refractivity contribution in [2.75, 3.05) is 5.32 Å². The average Bonchev–Trinajstić information content (AvgIpc) is 3.21. The Morgan fingerprint density at radius 1 is 1.31 bits per heavy atom. The number of aromatic nitrogens is 5. The number of carbonyl (C=O) groups excluding carboxylic acids is 1. The molecule has 0 saturated heterocycles. The minimum absolute atomic E-state index is 0.214. The van der Waals surface area contributed by atoms with Gasteiger partial charge in [-0.1, -0.05) is 61.1 Å². The van der Waals surface area contributed by atoms with Crippen LogP contribution in [0.2, 0.25) is 0 Å². The zero-order chi connectivity index (χ0) is 18.5. The number of benzene rings is 1. The lowest BCUT2D eigenvalue weighted by molar-refractivity contribution is -0.115. The zero-order valence-corrected chi connectivity index (χ0v) is 15.6. The first-order chi connectivity index (χ1) is 12.5. The summed E-state index contributed by atoms with van der Waals surface area (Å²) in [5.74, 6) is 1.19. The maximum absolute atomic E-state index is 12.9. The maximum atomic E-state index is 12.9. The van der Waals surface area contributed by atoms with Crippen LogP contribution in [0.3, 0.4) is 0 Å². The summed E-state index contributed by atoms with van der Waals surface area (Å²) in [5.41, 5.74) is 0.856. The summed E-state index contributed by atoms with van der Waals surface area (Å²) in [5, 5.41) is 18.5. The minimum Gasteiger partial charge on any atom is -0.360 e. The monoisotopic (exact) mass is 372 g/mol. The third kappa shape index (κ3) is 4.48. The van der Waals surface area contributed by atoms with Gasteiger partial charge in [-0.2, -0.15) is 0 Å². The molecule has 0 saturated carbocycles. The van der Waals surface area contributed by atoms with Gasteiger partial charge in [0.1, 0.15) is 11.0 Å². The van der Waals surface area contributed by atoms with Crippen molar-refractivity contribution in [3.05, 3.63) is 47.7 Å². The Morgan fingerprint density at radius 3 is 2.73 bits per heavy atom. The number of amides is 1. The first-order valence-corrected chi connectivity index (χ1v) is 9.13. The van der Waals surface area contributed by atoms with Crippen LogP contribution in [0, 0.1) is 12.8 Å². The van der Waals surface area contributed by atoms with Gasteiger partial charge in [0.05, 0.1) is 0 Å². The van der Waals surface area contributed by atoms with Crippen molar-refractivity contribution < 1.29 is 9.32 Å². The number of carbonyl (C=O) groups is 1. The quantitative estimate of drug-likeness (QED) is 0.636. The standard InChI is InChI=1S/C17H20N6O2S/c1-11(2)10-23-17(19-21-22-23)26-15(13-7-5-4-6-8-13)16(24)18-14-9-12(3)25-20-14/h4-9,11,15H,10H2,1-3H3,(H,18,20,24). The van der Waals surface area contributed by atoms with Crippen LogP contribution in [0.1, 0.15) is 30.4 Å². The molecule has 1 amide bonds. The second-order valence-corrected chi connectivity index (χ2v) is 7.33. The van der Waals surface area contributed by atoms with E-state index in [2.05, 4.69) is 39.8 Å². The molecule has 3 rings (SSSR count). The molecule has 1 atom stereocenters. The van der Waals surface area contributed by atoms with E-state index in [0.717, 1.165) is 5.56 Å². The summed E-state index contributed by atoms with van der Waals surface area (Å²) in [6.07, 6.45) is 0. The normalized spacial score (nSPS) is 12.3. The van der Waals surface area contributed by atoms with Crippen LogP contribution in [0.4, 0.5) is 5.82 Å². The van der Waals surface area contributed by atoms with E-state index in [4.69, 9.17) is 4.52 Å². The molecule has 136 valence electrons. The van der Waals surface area contributed by atoms with Gasteiger partial charge in [-0.05, 0) is 28.8 Å². The fraction of sp³-hybridized carbons (Fsp3) is 0.353. The topological polar surface area (TPSA) is 98.7 Å². The Kier molecular flexibility index (Phi) is 5.67. The number of tetrazole rings is 1. The predicted octanol–water partition coefficient (Wildman–Crippen LogP) is 3.10. The highest BCUT2D eigenvalue weighted by Crippen LogP contribution is 2.35. The lowest BCUT2D eigenvalue weighted by Crippen LogP contribution is -2.20. The number of thioether (sulfide) groups is 1. The Balaban J connectivity index is 1.84. The van der Waals surface area contributed by atoms with Crippen molar-refractivity contribution >= 4 is 23.5 Å². The van der Waals surface area contributed by atoms with Crippen molar-refractivity contribution in [1.82, 2.24) is 25.4 Å². The van der Waals surface area contributed by atoms with Crippen molar-refractivity contribution in [3.8, 4) is 0 Å². The van der Waals surface area contributed by atoms with Gasteiger partial charge in [0, 0.05) is 12.6 Å². The Morgan fingerprint density at radius 2 is 2.08 bits per heavy atom. The first-order valence-electron chi connectivity index (χ1n) is 8.25. The molecule has 9 heteroatoms. The molecular weight excluding hydrogens is 352 g/mol. The van der Waals surface area contributed by atoms with Gasteiger partial charge in [-0.3, -0.25) is 4.79 Å². The van der Waals surface area contributed by atoms with Gasteiger partial charge in [0.15, 0.2) is 5.82 Å². The number of aryl methyl sites for hydroxylation is 1. The highest BCUT2D eigenvalue weighted by atomic mass is 32.2. The Labute approximate surface area is 155 Å². The van der Waals surface area contributed by atoms with E-state index in [-0.39, 0.29) is 5.91 Å². The molecule has 0 aliphatic carbocycles. The van der Waals surface area contributed by atoms with Crippen molar-refractivity contribution in [3.63, 3.8) is 0 Å². The minimum atomic E-state index is -0.523. The summed E-state index contributed by atoms with van der Waals surface area (Å²) in [7, 11) is 0. The van der Waals surface area contributed by atoms with Gasteiger partial charge in [0.2, 0.25) is 11.1 Å². The third-order valence-electron chi connectivity index (χ3n) is 3.48. The largest absolute Gasteiger partial charge is 0.360 e. The number of nitrogens with zero attached hydrogens (tertiary/aromatic N) is 5. The van der Waals surface area contributed by atoms with Gasteiger partial charge in [0.25, 0.3) is 0 Å². The molecule has 26 heavy (non-hydrogen) atoms. The van der Waals surface area contributed by atoms with E-state index in [0.29, 0.717) is 29.2 Å². The molecule has 0 fully saturated rings. The Bertz CT molecular complexity index is 861. The van der Waals surface area contributed by atoms with Gasteiger partial charge in [-0.25, -0.2) is 4.68 Å². The molecule has 8 nitrogen and oxygen atoms in total. The van der Waals surface area contributed by atoms with Gasteiger partial charge in [-0.15, -0.1) is 5.10 Å². The van der Waals surface area contributed by atoms with Gasteiger partial charge < -0.3 is 9.84 Å². The molecule has 0 bridgehead atoms. The lowest BCUT2D eigenvalue weighted by atomic mass is 10.1.